The first-order valence-corrected chi connectivity index (χ1v) is 6.95. The summed E-state index contributed by atoms with van der Waals surface area (Å²) in [6, 6.07) is 3.51. The lowest BCUT2D eigenvalue weighted by Crippen LogP contribution is -2.06. The highest BCUT2D eigenvalue weighted by molar-refractivity contribution is 9.10. The Labute approximate surface area is 128 Å². The minimum Gasteiger partial charge on any atom is -0.370 e. The summed E-state index contributed by atoms with van der Waals surface area (Å²) in [6.45, 7) is 2.96. The standard InChI is InChI=1S/C11H11BrClN5O2/c1-2-14-10-4-3-8(13)9(15-10)6-17-5-7(12)11(16-17)18(19)20/h3-5H,2,6H2,1H3,(H,14,15). The van der Waals surface area contributed by atoms with Gasteiger partial charge in [-0.15, -0.1) is 0 Å². The van der Waals surface area contributed by atoms with Gasteiger partial charge >= 0.3 is 5.82 Å². The molecule has 106 valence electrons. The van der Waals surface area contributed by atoms with Crippen LogP contribution in [0.4, 0.5) is 11.6 Å². The van der Waals surface area contributed by atoms with Crippen LogP contribution in [0.25, 0.3) is 0 Å². The van der Waals surface area contributed by atoms with Gasteiger partial charge in [0.1, 0.15) is 16.8 Å². The van der Waals surface area contributed by atoms with Crippen molar-refractivity contribution < 1.29 is 4.92 Å². The van der Waals surface area contributed by atoms with E-state index in [1.807, 2.05) is 6.92 Å². The molecule has 0 aliphatic heterocycles. The predicted molar refractivity (Wildman–Crippen MR) is 79.1 cm³/mol. The Hall–Kier alpha value is -1.67. The lowest BCUT2D eigenvalue weighted by Gasteiger charge is -2.06. The monoisotopic (exact) mass is 359 g/mol. The van der Waals surface area contributed by atoms with Gasteiger partial charge in [-0.1, -0.05) is 11.6 Å². The molecule has 0 aromatic carbocycles. The Morgan fingerprint density at radius 3 is 2.90 bits per heavy atom. The molecule has 1 N–H and O–H groups in total. The number of pyridine rings is 1. The Bertz CT molecular complexity index is 646. The first-order valence-electron chi connectivity index (χ1n) is 5.78. The van der Waals surface area contributed by atoms with E-state index in [2.05, 4.69) is 31.3 Å². The molecule has 0 unspecified atom stereocenters. The first kappa shape index (κ1) is 14.7. The molecular weight excluding hydrogens is 350 g/mol. The molecule has 0 saturated carbocycles. The van der Waals surface area contributed by atoms with E-state index in [1.54, 1.807) is 12.1 Å². The molecule has 0 amide bonds. The normalized spacial score (nSPS) is 10.6. The number of anilines is 1. The minimum atomic E-state index is -0.551. The maximum atomic E-state index is 10.7. The van der Waals surface area contributed by atoms with Gasteiger partial charge in [-0.05, 0) is 39.9 Å². The van der Waals surface area contributed by atoms with Crippen LogP contribution in [0.1, 0.15) is 12.6 Å². The second-order valence-electron chi connectivity index (χ2n) is 3.91. The van der Waals surface area contributed by atoms with Crippen molar-refractivity contribution >= 4 is 39.2 Å². The fourth-order valence-corrected chi connectivity index (χ4v) is 2.25. The van der Waals surface area contributed by atoms with Crippen LogP contribution in [0.3, 0.4) is 0 Å². The molecule has 0 fully saturated rings. The first-order chi connectivity index (χ1) is 9.51. The Morgan fingerprint density at radius 2 is 2.30 bits per heavy atom. The summed E-state index contributed by atoms with van der Waals surface area (Å²) in [6.07, 6.45) is 1.52. The number of hydrogen-bond donors (Lipinski definition) is 1. The number of nitro groups is 1. The van der Waals surface area contributed by atoms with Crippen molar-refractivity contribution in [3.8, 4) is 0 Å². The van der Waals surface area contributed by atoms with Crippen LogP contribution in [-0.2, 0) is 6.54 Å². The van der Waals surface area contributed by atoms with Crippen molar-refractivity contribution in [2.24, 2.45) is 0 Å². The van der Waals surface area contributed by atoms with Gasteiger partial charge in [-0.2, -0.15) is 4.68 Å². The fraction of sp³-hybridized carbons (Fsp3) is 0.273. The number of aromatic nitrogens is 3. The van der Waals surface area contributed by atoms with Gasteiger partial charge in [0.2, 0.25) is 0 Å². The number of nitrogens with zero attached hydrogens (tertiary/aromatic N) is 4. The molecule has 2 rings (SSSR count). The highest BCUT2D eigenvalue weighted by Crippen LogP contribution is 2.24. The van der Waals surface area contributed by atoms with Crippen molar-refractivity contribution in [2.45, 2.75) is 13.5 Å². The van der Waals surface area contributed by atoms with E-state index in [4.69, 9.17) is 11.6 Å². The zero-order valence-corrected chi connectivity index (χ0v) is 12.8. The van der Waals surface area contributed by atoms with Gasteiger partial charge in [0.05, 0.1) is 22.0 Å². The van der Waals surface area contributed by atoms with Crippen LogP contribution in [-0.4, -0.2) is 26.2 Å². The third-order valence-corrected chi connectivity index (χ3v) is 3.36. The number of halogens is 2. The van der Waals surface area contributed by atoms with Gasteiger partial charge in [0.15, 0.2) is 0 Å². The SMILES string of the molecule is CCNc1ccc(Cl)c(Cn2cc(Br)c([N+](=O)[O-])n2)n1. The molecule has 0 aliphatic carbocycles. The predicted octanol–water partition coefficient (Wildman–Crippen LogP) is 3.08. The smallest absolute Gasteiger partial charge is 0.370 e. The van der Waals surface area contributed by atoms with E-state index in [0.717, 1.165) is 6.54 Å². The lowest BCUT2D eigenvalue weighted by atomic mass is 10.3. The topological polar surface area (TPSA) is 85.9 Å². The maximum absolute atomic E-state index is 10.7. The highest BCUT2D eigenvalue weighted by atomic mass is 79.9. The molecule has 0 radical (unpaired) electrons. The molecule has 2 aromatic rings. The molecule has 0 saturated heterocycles. The second kappa shape index (κ2) is 6.19. The largest absolute Gasteiger partial charge is 0.404 e. The van der Waals surface area contributed by atoms with Crippen molar-refractivity contribution in [1.29, 1.82) is 0 Å². The number of nitrogens with one attached hydrogen (secondary N) is 1. The average Bonchev–Trinajstić information content (AvgIpc) is 2.75. The fourth-order valence-electron chi connectivity index (χ4n) is 1.62. The summed E-state index contributed by atoms with van der Waals surface area (Å²) >= 11 is 9.18. The van der Waals surface area contributed by atoms with Crippen LogP contribution < -0.4 is 5.32 Å². The summed E-state index contributed by atoms with van der Waals surface area (Å²) in [5, 5.41) is 18.2. The van der Waals surface area contributed by atoms with E-state index in [9.17, 15) is 10.1 Å². The minimum absolute atomic E-state index is 0.232. The van der Waals surface area contributed by atoms with Gasteiger partial charge in [-0.25, -0.2) is 4.98 Å². The molecule has 0 spiro atoms. The van der Waals surface area contributed by atoms with Crippen LogP contribution in [0, 0.1) is 10.1 Å². The van der Waals surface area contributed by atoms with E-state index in [0.29, 0.717) is 21.0 Å². The Balaban J connectivity index is 2.27. The van der Waals surface area contributed by atoms with Crippen LogP contribution in [0.15, 0.2) is 22.8 Å². The van der Waals surface area contributed by atoms with Gasteiger partial charge in [0.25, 0.3) is 0 Å². The molecule has 7 nitrogen and oxygen atoms in total. The molecule has 0 aliphatic rings. The van der Waals surface area contributed by atoms with E-state index < -0.39 is 4.92 Å². The van der Waals surface area contributed by atoms with E-state index >= 15 is 0 Å². The van der Waals surface area contributed by atoms with Gasteiger partial charge in [0, 0.05) is 6.54 Å². The van der Waals surface area contributed by atoms with Crippen LogP contribution in [0.5, 0.6) is 0 Å². The molecule has 0 bridgehead atoms. The summed E-state index contributed by atoms with van der Waals surface area (Å²) in [5.74, 6) is 0.469. The molecular formula is C11H11BrClN5O2. The Kier molecular flexibility index (Phi) is 4.56. The zero-order chi connectivity index (χ0) is 14.7. The molecule has 9 heteroatoms. The second-order valence-corrected chi connectivity index (χ2v) is 5.17. The number of rotatable bonds is 5. The van der Waals surface area contributed by atoms with E-state index in [-0.39, 0.29) is 12.4 Å². The zero-order valence-electron chi connectivity index (χ0n) is 10.5. The van der Waals surface area contributed by atoms with Gasteiger partial charge in [-0.3, -0.25) is 0 Å². The summed E-state index contributed by atoms with van der Waals surface area (Å²) < 4.78 is 1.74. The summed E-state index contributed by atoms with van der Waals surface area (Å²) in [5.41, 5.74) is 0.593. The third kappa shape index (κ3) is 3.26. The van der Waals surface area contributed by atoms with Crippen molar-refractivity contribution in [3.63, 3.8) is 0 Å². The summed E-state index contributed by atoms with van der Waals surface area (Å²) in [4.78, 5) is 14.5. The number of hydrogen-bond acceptors (Lipinski definition) is 5. The lowest BCUT2D eigenvalue weighted by molar-refractivity contribution is -0.390. The molecule has 20 heavy (non-hydrogen) atoms. The molecule has 2 heterocycles. The Morgan fingerprint density at radius 1 is 1.55 bits per heavy atom. The van der Waals surface area contributed by atoms with Crippen LogP contribution in [0.2, 0.25) is 5.02 Å². The van der Waals surface area contributed by atoms with Crippen molar-refractivity contribution in [3.05, 3.63) is 43.6 Å². The molecule has 0 atom stereocenters. The highest BCUT2D eigenvalue weighted by Gasteiger charge is 2.19. The average molecular weight is 361 g/mol. The van der Waals surface area contributed by atoms with Crippen molar-refractivity contribution in [2.75, 3.05) is 11.9 Å². The summed E-state index contributed by atoms with van der Waals surface area (Å²) in [7, 11) is 0. The van der Waals surface area contributed by atoms with Crippen LogP contribution >= 0.6 is 27.5 Å². The molecule has 2 aromatic heterocycles. The third-order valence-electron chi connectivity index (χ3n) is 2.46. The van der Waals surface area contributed by atoms with E-state index in [1.165, 1.54) is 10.9 Å². The van der Waals surface area contributed by atoms with Crippen molar-refractivity contribution in [1.82, 2.24) is 14.8 Å². The quantitative estimate of drug-likeness (QED) is 0.654. The van der Waals surface area contributed by atoms with Gasteiger partial charge < -0.3 is 15.4 Å². The maximum Gasteiger partial charge on any atom is 0.404 e.